The Labute approximate surface area is 83.9 Å². The molecule has 0 atom stereocenters. The molecule has 1 aromatic rings. The highest BCUT2D eigenvalue weighted by atomic mass is 16.5. The maximum Gasteiger partial charge on any atom is 0.308 e. The molecule has 0 heterocycles. The SMILES string of the molecule is COC(=O)C1CC(c2ccccc2)C1. The van der Waals surface area contributed by atoms with Crippen LogP contribution in [0.25, 0.3) is 0 Å². The van der Waals surface area contributed by atoms with Crippen LogP contribution in [0.5, 0.6) is 0 Å². The van der Waals surface area contributed by atoms with E-state index in [0.29, 0.717) is 5.92 Å². The molecule has 0 aliphatic heterocycles. The van der Waals surface area contributed by atoms with Crippen molar-refractivity contribution in [1.82, 2.24) is 0 Å². The lowest BCUT2D eigenvalue weighted by Gasteiger charge is -2.33. The molecule has 1 saturated carbocycles. The van der Waals surface area contributed by atoms with E-state index in [1.807, 2.05) is 18.2 Å². The van der Waals surface area contributed by atoms with Crippen molar-refractivity contribution in [1.29, 1.82) is 0 Å². The maximum absolute atomic E-state index is 11.1. The van der Waals surface area contributed by atoms with Gasteiger partial charge < -0.3 is 4.74 Å². The standard InChI is InChI=1S/C12H14O2/c1-14-12(13)11-7-10(8-11)9-5-3-2-4-6-9/h2-6,10-11H,7-8H2,1H3. The van der Waals surface area contributed by atoms with Gasteiger partial charge in [0.25, 0.3) is 0 Å². The van der Waals surface area contributed by atoms with Crippen molar-refractivity contribution in [2.24, 2.45) is 5.92 Å². The average Bonchev–Trinajstić information content (AvgIpc) is 2.17. The normalized spacial score (nSPS) is 25.2. The van der Waals surface area contributed by atoms with Gasteiger partial charge >= 0.3 is 5.97 Å². The molecule has 74 valence electrons. The first-order valence-electron chi connectivity index (χ1n) is 4.94. The summed E-state index contributed by atoms with van der Waals surface area (Å²) in [5.41, 5.74) is 1.34. The van der Waals surface area contributed by atoms with Crippen molar-refractivity contribution in [3.8, 4) is 0 Å². The molecule has 2 nitrogen and oxygen atoms in total. The van der Waals surface area contributed by atoms with Crippen LogP contribution in [0.15, 0.2) is 30.3 Å². The van der Waals surface area contributed by atoms with E-state index in [4.69, 9.17) is 4.74 Å². The van der Waals surface area contributed by atoms with E-state index in [1.54, 1.807) is 0 Å². The molecule has 0 N–H and O–H groups in total. The van der Waals surface area contributed by atoms with Crippen LogP contribution in [0, 0.1) is 5.92 Å². The Balaban J connectivity index is 1.92. The first-order valence-corrected chi connectivity index (χ1v) is 4.94. The van der Waals surface area contributed by atoms with Crippen LogP contribution < -0.4 is 0 Å². The zero-order valence-electron chi connectivity index (χ0n) is 8.27. The van der Waals surface area contributed by atoms with Gasteiger partial charge in [-0.1, -0.05) is 30.3 Å². The van der Waals surface area contributed by atoms with Gasteiger partial charge in [-0.25, -0.2) is 0 Å². The fraction of sp³-hybridized carbons (Fsp3) is 0.417. The van der Waals surface area contributed by atoms with Crippen LogP contribution >= 0.6 is 0 Å². The highest BCUT2D eigenvalue weighted by Gasteiger charge is 2.35. The number of hydrogen-bond donors (Lipinski definition) is 0. The molecule has 1 aliphatic carbocycles. The van der Waals surface area contributed by atoms with Crippen molar-refractivity contribution in [2.75, 3.05) is 7.11 Å². The van der Waals surface area contributed by atoms with Gasteiger partial charge in [0.05, 0.1) is 13.0 Å². The number of benzene rings is 1. The largest absolute Gasteiger partial charge is 0.469 e. The number of carbonyl (C=O) groups is 1. The fourth-order valence-electron chi connectivity index (χ4n) is 1.97. The first kappa shape index (κ1) is 9.25. The summed E-state index contributed by atoms with van der Waals surface area (Å²) in [6, 6.07) is 10.3. The zero-order valence-corrected chi connectivity index (χ0v) is 8.27. The third-order valence-corrected chi connectivity index (χ3v) is 2.94. The summed E-state index contributed by atoms with van der Waals surface area (Å²) < 4.78 is 4.70. The van der Waals surface area contributed by atoms with E-state index in [2.05, 4.69) is 12.1 Å². The number of esters is 1. The zero-order chi connectivity index (χ0) is 9.97. The van der Waals surface area contributed by atoms with E-state index in [-0.39, 0.29) is 11.9 Å². The second kappa shape index (κ2) is 3.82. The molecule has 2 rings (SSSR count). The Morgan fingerprint density at radius 3 is 2.50 bits per heavy atom. The van der Waals surface area contributed by atoms with Gasteiger partial charge in [0.2, 0.25) is 0 Å². The summed E-state index contributed by atoms with van der Waals surface area (Å²) in [5.74, 6) is 0.627. The van der Waals surface area contributed by atoms with E-state index in [0.717, 1.165) is 12.8 Å². The van der Waals surface area contributed by atoms with Gasteiger partial charge in [-0.2, -0.15) is 0 Å². The summed E-state index contributed by atoms with van der Waals surface area (Å²) in [6.45, 7) is 0. The lowest BCUT2D eigenvalue weighted by atomic mass is 9.71. The molecule has 1 aromatic carbocycles. The minimum absolute atomic E-state index is 0.0582. The molecule has 0 amide bonds. The average molecular weight is 190 g/mol. The third-order valence-electron chi connectivity index (χ3n) is 2.94. The van der Waals surface area contributed by atoms with Crippen molar-refractivity contribution in [3.05, 3.63) is 35.9 Å². The minimum atomic E-state index is -0.0582. The summed E-state index contributed by atoms with van der Waals surface area (Å²) in [6.07, 6.45) is 1.88. The fourth-order valence-corrected chi connectivity index (χ4v) is 1.97. The molecule has 0 saturated heterocycles. The summed E-state index contributed by atoms with van der Waals surface area (Å²) >= 11 is 0. The molecule has 0 radical (unpaired) electrons. The molecule has 1 fully saturated rings. The third kappa shape index (κ3) is 1.65. The molecule has 0 unspecified atom stereocenters. The van der Waals surface area contributed by atoms with E-state index in [1.165, 1.54) is 12.7 Å². The number of carbonyl (C=O) groups excluding carboxylic acids is 1. The Kier molecular flexibility index (Phi) is 2.53. The molecule has 0 aromatic heterocycles. The molecule has 14 heavy (non-hydrogen) atoms. The van der Waals surface area contributed by atoms with Crippen molar-refractivity contribution in [3.63, 3.8) is 0 Å². The number of methoxy groups -OCH3 is 1. The predicted molar refractivity (Wildman–Crippen MR) is 53.9 cm³/mol. The predicted octanol–water partition coefficient (Wildman–Crippen LogP) is 2.35. The van der Waals surface area contributed by atoms with Crippen molar-refractivity contribution >= 4 is 5.97 Å². The number of hydrogen-bond acceptors (Lipinski definition) is 2. The van der Waals surface area contributed by atoms with Crippen LogP contribution in [-0.4, -0.2) is 13.1 Å². The second-order valence-corrected chi connectivity index (χ2v) is 3.80. The van der Waals surface area contributed by atoms with Crippen LogP contribution in [-0.2, 0) is 9.53 Å². The smallest absolute Gasteiger partial charge is 0.308 e. The number of rotatable bonds is 2. The summed E-state index contributed by atoms with van der Waals surface area (Å²) in [7, 11) is 1.46. The van der Waals surface area contributed by atoms with Crippen LogP contribution in [0.3, 0.4) is 0 Å². The van der Waals surface area contributed by atoms with Gasteiger partial charge in [0, 0.05) is 0 Å². The van der Waals surface area contributed by atoms with Gasteiger partial charge in [0.1, 0.15) is 0 Å². The van der Waals surface area contributed by atoms with Crippen molar-refractivity contribution < 1.29 is 9.53 Å². The molecular weight excluding hydrogens is 176 g/mol. The van der Waals surface area contributed by atoms with Gasteiger partial charge in [-0.05, 0) is 24.3 Å². The maximum atomic E-state index is 11.1. The lowest BCUT2D eigenvalue weighted by molar-refractivity contribution is -0.148. The van der Waals surface area contributed by atoms with Crippen molar-refractivity contribution in [2.45, 2.75) is 18.8 Å². The molecular formula is C12H14O2. The van der Waals surface area contributed by atoms with Gasteiger partial charge in [-0.15, -0.1) is 0 Å². The first-order chi connectivity index (χ1) is 6.81. The Morgan fingerprint density at radius 1 is 1.29 bits per heavy atom. The molecule has 0 bridgehead atoms. The van der Waals surface area contributed by atoms with Crippen LogP contribution in [0.4, 0.5) is 0 Å². The van der Waals surface area contributed by atoms with E-state index in [9.17, 15) is 4.79 Å². The number of ether oxygens (including phenoxy) is 1. The molecule has 0 spiro atoms. The Hall–Kier alpha value is -1.31. The summed E-state index contributed by atoms with van der Waals surface area (Å²) in [5, 5.41) is 0. The minimum Gasteiger partial charge on any atom is -0.469 e. The monoisotopic (exact) mass is 190 g/mol. The van der Waals surface area contributed by atoms with Gasteiger partial charge in [-0.3, -0.25) is 4.79 Å². The molecule has 2 heteroatoms. The second-order valence-electron chi connectivity index (χ2n) is 3.80. The highest BCUT2D eigenvalue weighted by molar-refractivity contribution is 5.73. The summed E-state index contributed by atoms with van der Waals surface area (Å²) in [4.78, 5) is 11.1. The van der Waals surface area contributed by atoms with E-state index < -0.39 is 0 Å². The molecule has 1 aliphatic rings. The Bertz CT molecular complexity index is 312. The topological polar surface area (TPSA) is 26.3 Å². The highest BCUT2D eigenvalue weighted by Crippen LogP contribution is 2.41. The Morgan fingerprint density at radius 2 is 1.93 bits per heavy atom. The van der Waals surface area contributed by atoms with Crippen LogP contribution in [0.1, 0.15) is 24.3 Å². The van der Waals surface area contributed by atoms with Crippen LogP contribution in [0.2, 0.25) is 0 Å². The quantitative estimate of drug-likeness (QED) is 0.669. The van der Waals surface area contributed by atoms with E-state index >= 15 is 0 Å². The lowest BCUT2D eigenvalue weighted by Crippen LogP contribution is -2.29. The van der Waals surface area contributed by atoms with Gasteiger partial charge in [0.15, 0.2) is 0 Å².